The number of pyridine rings is 1. The highest BCUT2D eigenvalue weighted by Gasteiger charge is 2.37. The molecule has 0 aromatic carbocycles. The second-order valence-electron chi connectivity index (χ2n) is 4.34. The Kier molecular flexibility index (Phi) is 2.65. The lowest BCUT2D eigenvalue weighted by Gasteiger charge is -2.09. The van der Waals surface area contributed by atoms with Crippen LogP contribution in [0, 0.1) is 5.41 Å². The Morgan fingerprint density at radius 2 is 2.33 bits per heavy atom. The van der Waals surface area contributed by atoms with Gasteiger partial charge in [0.05, 0.1) is 0 Å². The Labute approximate surface area is 93.8 Å². The number of rotatable bonds is 3. The van der Waals surface area contributed by atoms with E-state index >= 15 is 0 Å². The number of nitrogens with one attached hydrogen (secondary N) is 1. The van der Waals surface area contributed by atoms with Gasteiger partial charge in [-0.3, -0.25) is 4.79 Å². The van der Waals surface area contributed by atoms with Crippen LogP contribution in [0.1, 0.15) is 30.3 Å². The van der Waals surface area contributed by atoms with E-state index in [0.29, 0.717) is 16.3 Å². The molecule has 3 nitrogen and oxygen atoms in total. The summed E-state index contributed by atoms with van der Waals surface area (Å²) in [5.74, 6) is -0.148. The van der Waals surface area contributed by atoms with Crippen LogP contribution in [0.5, 0.6) is 0 Å². The Morgan fingerprint density at radius 3 is 2.93 bits per heavy atom. The lowest BCUT2D eigenvalue weighted by atomic mass is 10.1. The number of carbonyl (C=O) groups is 1. The van der Waals surface area contributed by atoms with Crippen LogP contribution >= 0.6 is 11.6 Å². The molecule has 1 aliphatic carbocycles. The number of amides is 1. The van der Waals surface area contributed by atoms with E-state index < -0.39 is 0 Å². The molecule has 80 valence electrons. The topological polar surface area (TPSA) is 42.0 Å². The Balaban J connectivity index is 1.95. The maximum absolute atomic E-state index is 11.6. The summed E-state index contributed by atoms with van der Waals surface area (Å²) < 4.78 is 0. The smallest absolute Gasteiger partial charge is 0.269 e. The van der Waals surface area contributed by atoms with Crippen LogP contribution in [-0.2, 0) is 0 Å². The van der Waals surface area contributed by atoms with Gasteiger partial charge in [-0.2, -0.15) is 0 Å². The molecule has 1 aromatic heterocycles. The van der Waals surface area contributed by atoms with Crippen LogP contribution in [0.15, 0.2) is 18.2 Å². The van der Waals surface area contributed by atoms with E-state index in [1.165, 1.54) is 12.8 Å². The quantitative estimate of drug-likeness (QED) is 0.801. The summed E-state index contributed by atoms with van der Waals surface area (Å²) in [5, 5.41) is 3.22. The van der Waals surface area contributed by atoms with Crippen LogP contribution < -0.4 is 5.32 Å². The summed E-state index contributed by atoms with van der Waals surface area (Å²) in [6.07, 6.45) is 2.38. The molecule has 0 saturated heterocycles. The molecule has 0 radical (unpaired) electrons. The van der Waals surface area contributed by atoms with Crippen LogP contribution in [0.2, 0.25) is 5.15 Å². The van der Waals surface area contributed by atoms with E-state index in [-0.39, 0.29) is 5.91 Å². The zero-order valence-electron chi connectivity index (χ0n) is 8.59. The molecule has 15 heavy (non-hydrogen) atoms. The summed E-state index contributed by atoms with van der Waals surface area (Å²) in [7, 11) is 0. The predicted molar refractivity (Wildman–Crippen MR) is 58.9 cm³/mol. The molecule has 1 amide bonds. The van der Waals surface area contributed by atoms with Gasteiger partial charge in [0.25, 0.3) is 5.91 Å². The molecule has 0 bridgehead atoms. The van der Waals surface area contributed by atoms with Crippen molar-refractivity contribution in [2.75, 3.05) is 6.54 Å². The minimum Gasteiger partial charge on any atom is -0.350 e. The van der Waals surface area contributed by atoms with Crippen molar-refractivity contribution in [1.29, 1.82) is 0 Å². The van der Waals surface area contributed by atoms with Crippen molar-refractivity contribution in [1.82, 2.24) is 10.3 Å². The summed E-state index contributed by atoms with van der Waals surface area (Å²) in [5.41, 5.74) is 0.695. The van der Waals surface area contributed by atoms with Gasteiger partial charge in [-0.15, -0.1) is 0 Å². The zero-order valence-corrected chi connectivity index (χ0v) is 9.34. The van der Waals surface area contributed by atoms with E-state index in [1.807, 2.05) is 0 Å². The van der Waals surface area contributed by atoms with E-state index in [9.17, 15) is 4.79 Å². The lowest BCUT2D eigenvalue weighted by Crippen LogP contribution is -2.29. The van der Waals surface area contributed by atoms with Crippen LogP contribution in [0.25, 0.3) is 0 Å². The predicted octanol–water partition coefficient (Wildman–Crippen LogP) is 2.26. The maximum Gasteiger partial charge on any atom is 0.269 e. The van der Waals surface area contributed by atoms with Crippen molar-refractivity contribution in [2.45, 2.75) is 19.8 Å². The van der Waals surface area contributed by atoms with Gasteiger partial charge in [0.1, 0.15) is 10.8 Å². The average molecular weight is 225 g/mol. The van der Waals surface area contributed by atoms with Gasteiger partial charge in [-0.25, -0.2) is 4.98 Å². The number of aromatic nitrogens is 1. The first kappa shape index (κ1) is 10.4. The van der Waals surface area contributed by atoms with Crippen molar-refractivity contribution in [2.24, 2.45) is 5.41 Å². The number of nitrogens with zero attached hydrogens (tertiary/aromatic N) is 1. The lowest BCUT2D eigenvalue weighted by molar-refractivity contribution is 0.0941. The summed E-state index contributed by atoms with van der Waals surface area (Å²) in [6.45, 7) is 2.89. The first-order valence-electron chi connectivity index (χ1n) is 5.00. The number of hydrogen-bond acceptors (Lipinski definition) is 2. The monoisotopic (exact) mass is 224 g/mol. The maximum atomic E-state index is 11.6. The molecule has 1 aromatic rings. The van der Waals surface area contributed by atoms with E-state index in [4.69, 9.17) is 11.6 Å². The minimum absolute atomic E-state index is 0.148. The molecule has 1 heterocycles. The molecule has 4 heteroatoms. The molecule has 0 unspecified atom stereocenters. The largest absolute Gasteiger partial charge is 0.350 e. The van der Waals surface area contributed by atoms with Crippen molar-refractivity contribution in [3.8, 4) is 0 Å². The highest BCUT2D eigenvalue weighted by molar-refractivity contribution is 6.29. The molecule has 1 aliphatic rings. The Bertz CT molecular complexity index is 388. The van der Waals surface area contributed by atoms with Crippen molar-refractivity contribution in [3.05, 3.63) is 29.0 Å². The highest BCUT2D eigenvalue weighted by Crippen LogP contribution is 2.44. The van der Waals surface area contributed by atoms with Gasteiger partial charge in [-0.05, 0) is 30.4 Å². The van der Waals surface area contributed by atoms with Crippen LogP contribution in [0.3, 0.4) is 0 Å². The zero-order chi connectivity index (χ0) is 10.9. The summed E-state index contributed by atoms with van der Waals surface area (Å²) >= 11 is 5.70. The number of halogens is 1. The van der Waals surface area contributed by atoms with E-state index in [2.05, 4.69) is 17.2 Å². The molecular formula is C11H13ClN2O. The first-order chi connectivity index (χ1) is 7.09. The van der Waals surface area contributed by atoms with Crippen molar-refractivity contribution < 1.29 is 4.79 Å². The Morgan fingerprint density at radius 1 is 1.60 bits per heavy atom. The number of hydrogen-bond donors (Lipinski definition) is 1. The third-order valence-corrected chi connectivity index (χ3v) is 2.94. The molecule has 1 N–H and O–H groups in total. The second-order valence-corrected chi connectivity index (χ2v) is 4.73. The third kappa shape index (κ3) is 2.69. The molecule has 1 fully saturated rings. The standard InChI is InChI=1S/C11H13ClN2O/c1-11(5-6-11)7-13-10(15)8-3-2-4-9(12)14-8/h2-4H,5-7H2,1H3,(H,13,15). The molecule has 0 spiro atoms. The van der Waals surface area contributed by atoms with Crippen molar-refractivity contribution >= 4 is 17.5 Å². The SMILES string of the molecule is CC1(CNC(=O)c2cccc(Cl)n2)CC1. The Hall–Kier alpha value is -1.09. The molecule has 0 aliphatic heterocycles. The van der Waals surface area contributed by atoms with Gasteiger partial charge in [0.2, 0.25) is 0 Å². The van der Waals surface area contributed by atoms with Gasteiger partial charge in [-0.1, -0.05) is 24.6 Å². The van der Waals surface area contributed by atoms with Gasteiger partial charge >= 0.3 is 0 Å². The summed E-state index contributed by atoms with van der Waals surface area (Å²) in [4.78, 5) is 15.6. The minimum atomic E-state index is -0.148. The molecule has 0 atom stereocenters. The fourth-order valence-corrected chi connectivity index (χ4v) is 1.47. The summed E-state index contributed by atoms with van der Waals surface area (Å²) in [6, 6.07) is 5.04. The van der Waals surface area contributed by atoms with E-state index in [1.54, 1.807) is 18.2 Å². The fourth-order valence-electron chi connectivity index (χ4n) is 1.31. The normalized spacial score (nSPS) is 17.2. The van der Waals surface area contributed by atoms with Gasteiger partial charge in [0.15, 0.2) is 0 Å². The van der Waals surface area contributed by atoms with E-state index in [0.717, 1.165) is 6.54 Å². The van der Waals surface area contributed by atoms with Gasteiger partial charge in [0, 0.05) is 6.54 Å². The highest BCUT2D eigenvalue weighted by atomic mass is 35.5. The van der Waals surface area contributed by atoms with Gasteiger partial charge < -0.3 is 5.32 Å². The number of carbonyl (C=O) groups excluding carboxylic acids is 1. The third-order valence-electron chi connectivity index (χ3n) is 2.73. The molecule has 2 rings (SSSR count). The van der Waals surface area contributed by atoms with Crippen LogP contribution in [-0.4, -0.2) is 17.4 Å². The average Bonchev–Trinajstić information content (AvgIpc) is 2.94. The van der Waals surface area contributed by atoms with Crippen LogP contribution in [0.4, 0.5) is 0 Å². The fraction of sp³-hybridized carbons (Fsp3) is 0.455. The first-order valence-corrected chi connectivity index (χ1v) is 5.38. The second kappa shape index (κ2) is 3.81. The molecular weight excluding hydrogens is 212 g/mol. The van der Waals surface area contributed by atoms with Crippen molar-refractivity contribution in [3.63, 3.8) is 0 Å². The molecule has 1 saturated carbocycles.